The van der Waals surface area contributed by atoms with E-state index in [9.17, 15) is 19.5 Å². The molecule has 0 bridgehead atoms. The van der Waals surface area contributed by atoms with Crippen LogP contribution in [-0.4, -0.2) is 51.7 Å². The minimum Gasteiger partial charge on any atom is -0.444 e. The maximum absolute atomic E-state index is 14.2. The molecule has 2 atom stereocenters. The molecule has 2 unspecified atom stereocenters. The Kier molecular flexibility index (Phi) is 10.3. The highest BCUT2D eigenvalue weighted by molar-refractivity contribution is 6.00. The number of para-hydroxylation sites is 1. The summed E-state index contributed by atoms with van der Waals surface area (Å²) in [4.78, 5) is 42.5. The van der Waals surface area contributed by atoms with Gasteiger partial charge >= 0.3 is 6.09 Å². The quantitative estimate of drug-likeness (QED) is 0.390. The van der Waals surface area contributed by atoms with Crippen molar-refractivity contribution in [3.8, 4) is 0 Å². The third-order valence-electron chi connectivity index (χ3n) is 6.89. The van der Waals surface area contributed by atoms with Gasteiger partial charge in [-0.15, -0.1) is 0 Å². The predicted molar refractivity (Wildman–Crippen MR) is 155 cm³/mol. The molecule has 2 aromatic carbocycles. The van der Waals surface area contributed by atoms with Crippen molar-refractivity contribution >= 4 is 23.6 Å². The first-order chi connectivity index (χ1) is 18.0. The molecule has 0 radical (unpaired) electrons. The van der Waals surface area contributed by atoms with E-state index in [2.05, 4.69) is 10.6 Å². The average molecular weight is 540 g/mol. The van der Waals surface area contributed by atoms with Crippen molar-refractivity contribution in [3.05, 3.63) is 64.2 Å². The number of nitrogens with one attached hydrogen (secondary N) is 2. The Bertz CT molecular complexity index is 1180. The Labute approximate surface area is 233 Å². The SMILES string of the molecule is CCC(C)(C)N(C(=O)C(CO)NC(=O)OC(C)(C)C)C(C(=O)Nc1c(C)cccc1C)c1cc(C)ccc1C. The van der Waals surface area contributed by atoms with E-state index in [0.717, 1.165) is 22.3 Å². The maximum atomic E-state index is 14.2. The van der Waals surface area contributed by atoms with Gasteiger partial charge in [0, 0.05) is 11.2 Å². The average Bonchev–Trinajstić information content (AvgIpc) is 2.83. The van der Waals surface area contributed by atoms with Gasteiger partial charge in [-0.2, -0.15) is 0 Å². The number of carbonyl (C=O) groups excluding carboxylic acids is 3. The summed E-state index contributed by atoms with van der Waals surface area (Å²) in [6.07, 6.45) is -0.311. The summed E-state index contributed by atoms with van der Waals surface area (Å²) in [5, 5.41) is 15.8. The van der Waals surface area contributed by atoms with Crippen molar-refractivity contribution in [1.29, 1.82) is 0 Å². The Morgan fingerprint density at radius 3 is 2.05 bits per heavy atom. The van der Waals surface area contributed by atoms with Crippen molar-refractivity contribution < 1.29 is 24.2 Å². The second kappa shape index (κ2) is 12.6. The Balaban J connectivity index is 2.69. The number of amides is 3. The standard InChI is InChI=1S/C31H45N3O5/c1-11-31(9,10)34(28(37)24(18-35)32-29(38)39-30(6,7)8)26(23-17-19(2)15-16-20(23)3)27(36)33-25-21(4)13-12-14-22(25)5/h12-17,24,26,35H,11,18H2,1-10H3,(H,32,38)(H,33,36). The van der Waals surface area contributed by atoms with Crippen molar-refractivity contribution in [2.45, 2.75) is 98.9 Å². The number of hydrogen-bond donors (Lipinski definition) is 3. The van der Waals surface area contributed by atoms with Crippen LogP contribution in [0.1, 0.15) is 81.8 Å². The van der Waals surface area contributed by atoms with E-state index in [1.165, 1.54) is 4.90 Å². The zero-order chi connectivity index (χ0) is 29.7. The summed E-state index contributed by atoms with van der Waals surface area (Å²) >= 11 is 0. The van der Waals surface area contributed by atoms with Crippen molar-refractivity contribution in [1.82, 2.24) is 10.2 Å². The van der Waals surface area contributed by atoms with Gasteiger partial charge in [-0.1, -0.05) is 48.9 Å². The van der Waals surface area contributed by atoms with Gasteiger partial charge < -0.3 is 25.4 Å². The molecular formula is C31H45N3O5. The van der Waals surface area contributed by atoms with Crippen LogP contribution in [0.15, 0.2) is 36.4 Å². The third-order valence-corrected chi connectivity index (χ3v) is 6.89. The van der Waals surface area contributed by atoms with E-state index >= 15 is 0 Å². The van der Waals surface area contributed by atoms with Crippen LogP contribution in [0.3, 0.4) is 0 Å². The smallest absolute Gasteiger partial charge is 0.408 e. The fourth-order valence-corrected chi connectivity index (χ4v) is 4.40. The number of carbonyl (C=O) groups is 3. The molecule has 0 heterocycles. The highest BCUT2D eigenvalue weighted by Crippen LogP contribution is 2.35. The van der Waals surface area contributed by atoms with Crippen LogP contribution in [0, 0.1) is 27.7 Å². The summed E-state index contributed by atoms with van der Waals surface area (Å²) in [5.41, 5.74) is 3.32. The van der Waals surface area contributed by atoms with Gasteiger partial charge in [0.25, 0.3) is 5.91 Å². The molecule has 0 spiro atoms. The lowest BCUT2D eigenvalue weighted by atomic mass is 9.89. The number of anilines is 1. The summed E-state index contributed by atoms with van der Waals surface area (Å²) in [5.74, 6) is -0.970. The minimum atomic E-state index is -1.31. The van der Waals surface area contributed by atoms with Crippen molar-refractivity contribution in [2.75, 3.05) is 11.9 Å². The summed E-state index contributed by atoms with van der Waals surface area (Å²) in [7, 11) is 0. The monoisotopic (exact) mass is 539 g/mol. The van der Waals surface area contributed by atoms with E-state index in [1.54, 1.807) is 20.8 Å². The third kappa shape index (κ3) is 8.05. The molecule has 0 aliphatic rings. The van der Waals surface area contributed by atoms with Crippen LogP contribution in [0.4, 0.5) is 10.5 Å². The first kappa shape index (κ1) is 31.8. The normalized spacial score (nSPS) is 13.3. The number of aliphatic hydroxyl groups excluding tert-OH is 1. The molecule has 0 fully saturated rings. The Morgan fingerprint density at radius 1 is 0.949 bits per heavy atom. The van der Waals surface area contributed by atoms with E-state index in [1.807, 2.05) is 84.9 Å². The fourth-order valence-electron chi connectivity index (χ4n) is 4.40. The zero-order valence-corrected chi connectivity index (χ0v) is 25.1. The maximum Gasteiger partial charge on any atom is 0.408 e. The van der Waals surface area contributed by atoms with Gasteiger partial charge in [-0.05, 0) is 91.0 Å². The second-order valence-electron chi connectivity index (χ2n) is 11.8. The lowest BCUT2D eigenvalue weighted by Gasteiger charge is -2.44. The van der Waals surface area contributed by atoms with E-state index in [-0.39, 0.29) is 5.91 Å². The molecule has 3 N–H and O–H groups in total. The highest BCUT2D eigenvalue weighted by Gasteiger charge is 2.43. The fraction of sp³-hybridized carbons (Fsp3) is 0.516. The molecule has 0 saturated carbocycles. The van der Waals surface area contributed by atoms with Gasteiger partial charge in [0.05, 0.1) is 6.61 Å². The van der Waals surface area contributed by atoms with Gasteiger partial charge in [0.1, 0.15) is 17.7 Å². The number of benzene rings is 2. The first-order valence-electron chi connectivity index (χ1n) is 13.4. The van der Waals surface area contributed by atoms with Crippen molar-refractivity contribution in [3.63, 3.8) is 0 Å². The number of ether oxygens (including phenoxy) is 1. The lowest BCUT2D eigenvalue weighted by molar-refractivity contribution is -0.148. The topological polar surface area (TPSA) is 108 Å². The largest absolute Gasteiger partial charge is 0.444 e. The van der Waals surface area contributed by atoms with Crippen LogP contribution >= 0.6 is 0 Å². The molecule has 214 valence electrons. The second-order valence-corrected chi connectivity index (χ2v) is 11.8. The number of rotatable bonds is 9. The summed E-state index contributed by atoms with van der Waals surface area (Å²) in [6, 6.07) is 9.19. The highest BCUT2D eigenvalue weighted by atomic mass is 16.6. The molecule has 8 nitrogen and oxygen atoms in total. The van der Waals surface area contributed by atoms with Gasteiger partial charge in [-0.25, -0.2) is 4.79 Å². The Morgan fingerprint density at radius 2 is 1.54 bits per heavy atom. The van der Waals surface area contributed by atoms with E-state index in [0.29, 0.717) is 17.7 Å². The number of aryl methyl sites for hydroxylation is 4. The van der Waals surface area contributed by atoms with E-state index < -0.39 is 41.8 Å². The molecule has 0 aliphatic carbocycles. The molecule has 2 aromatic rings. The number of alkyl carbamates (subject to hydrolysis) is 1. The Hall–Kier alpha value is -3.39. The van der Waals surface area contributed by atoms with Gasteiger partial charge in [0.2, 0.25) is 5.91 Å². The van der Waals surface area contributed by atoms with Crippen LogP contribution in [-0.2, 0) is 14.3 Å². The summed E-state index contributed by atoms with van der Waals surface area (Å²) < 4.78 is 5.33. The van der Waals surface area contributed by atoms with Crippen LogP contribution in [0.25, 0.3) is 0 Å². The molecular weight excluding hydrogens is 494 g/mol. The molecule has 3 amide bonds. The number of hydrogen-bond acceptors (Lipinski definition) is 5. The van der Waals surface area contributed by atoms with Crippen LogP contribution < -0.4 is 10.6 Å². The van der Waals surface area contributed by atoms with Gasteiger partial charge in [-0.3, -0.25) is 9.59 Å². The molecule has 8 heteroatoms. The molecule has 0 aromatic heterocycles. The number of aliphatic hydroxyl groups is 1. The van der Waals surface area contributed by atoms with Crippen LogP contribution in [0.5, 0.6) is 0 Å². The minimum absolute atomic E-state index is 0.384. The first-order valence-corrected chi connectivity index (χ1v) is 13.4. The molecule has 2 rings (SSSR count). The van der Waals surface area contributed by atoms with Crippen molar-refractivity contribution in [2.24, 2.45) is 0 Å². The van der Waals surface area contributed by atoms with Crippen LogP contribution in [0.2, 0.25) is 0 Å². The van der Waals surface area contributed by atoms with E-state index in [4.69, 9.17) is 4.74 Å². The molecule has 0 aliphatic heterocycles. The zero-order valence-electron chi connectivity index (χ0n) is 25.1. The number of nitrogens with zero attached hydrogens (tertiary/aromatic N) is 1. The summed E-state index contributed by atoms with van der Waals surface area (Å²) in [6.45, 7) is 17.8. The predicted octanol–water partition coefficient (Wildman–Crippen LogP) is 5.50. The van der Waals surface area contributed by atoms with Gasteiger partial charge in [0.15, 0.2) is 0 Å². The molecule has 0 saturated heterocycles. The molecule has 39 heavy (non-hydrogen) atoms. The lowest BCUT2D eigenvalue weighted by Crippen LogP contribution is -2.59.